The van der Waals surface area contributed by atoms with Gasteiger partial charge in [0.25, 0.3) is 0 Å². The Balaban J connectivity index is 0.00000930. The number of unbranched alkanes of at least 4 members (excludes halogenated alkanes) is 12. The molecule has 3 aromatic rings. The molecule has 13 heteroatoms. The minimum Gasteiger partial charge on any atom is -0.748 e. The van der Waals surface area contributed by atoms with Crippen LogP contribution in [0.3, 0.4) is 0 Å². The van der Waals surface area contributed by atoms with Crippen molar-refractivity contribution >= 4 is 16.1 Å². The van der Waals surface area contributed by atoms with Gasteiger partial charge in [0, 0.05) is 6.42 Å². The fourth-order valence-electron chi connectivity index (χ4n) is 7.02. The number of hydrogen-bond donors (Lipinski definition) is 1. The normalized spacial score (nSPS) is 19.8. The fourth-order valence-corrected chi connectivity index (χ4v) is 7.69. The summed E-state index contributed by atoms with van der Waals surface area (Å²) in [5.41, 5.74) is 2.52. The van der Waals surface area contributed by atoms with E-state index in [1.54, 1.807) is 0 Å². The molecule has 4 rings (SSSR count). The SMILES string of the molecule is CCCCCCCCCCCCCCCC(=O)OCC(O)CO[C@H]1O[C@H](CS(=O)(=O)[O-])[C@H](OCc2ccccc2)[C@H](OCc2ccccc2)[C@H]1OCc1ccccc1.[Na+]. The summed E-state index contributed by atoms with van der Waals surface area (Å²) in [4.78, 5) is 12.5. The zero-order chi connectivity index (χ0) is 41.3. The Hall–Kier alpha value is -2.20. The van der Waals surface area contributed by atoms with Crippen LogP contribution in [0.25, 0.3) is 0 Å². The zero-order valence-electron chi connectivity index (χ0n) is 35.2. The number of rotatable bonds is 30. The van der Waals surface area contributed by atoms with E-state index in [0.717, 1.165) is 36.0 Å². The zero-order valence-corrected chi connectivity index (χ0v) is 38.0. The van der Waals surface area contributed by atoms with E-state index in [1.807, 2.05) is 91.0 Å². The van der Waals surface area contributed by atoms with Crippen LogP contribution in [0.15, 0.2) is 91.0 Å². The van der Waals surface area contributed by atoms with Crippen LogP contribution in [-0.2, 0) is 63.2 Å². The van der Waals surface area contributed by atoms with Gasteiger partial charge in [0.2, 0.25) is 0 Å². The largest absolute Gasteiger partial charge is 1.00 e. The van der Waals surface area contributed by atoms with Crippen LogP contribution < -0.4 is 29.6 Å². The third-order valence-electron chi connectivity index (χ3n) is 10.2. The van der Waals surface area contributed by atoms with E-state index in [-0.39, 0.29) is 69.0 Å². The number of esters is 1. The molecule has 1 heterocycles. The molecule has 0 aliphatic carbocycles. The van der Waals surface area contributed by atoms with E-state index < -0.39 is 58.7 Å². The van der Waals surface area contributed by atoms with Gasteiger partial charge in [0.05, 0.1) is 42.3 Å². The van der Waals surface area contributed by atoms with Gasteiger partial charge in [-0.2, -0.15) is 0 Å². The molecule has 0 amide bonds. The third-order valence-corrected chi connectivity index (χ3v) is 10.9. The Bertz CT molecular complexity index is 1620. The van der Waals surface area contributed by atoms with Gasteiger partial charge in [-0.25, -0.2) is 8.42 Å². The number of carbonyl (C=O) groups is 1. The van der Waals surface area contributed by atoms with Crippen molar-refractivity contribution < 1.29 is 80.9 Å². The molecule has 1 saturated heterocycles. The van der Waals surface area contributed by atoms with Crippen molar-refractivity contribution in [3.8, 4) is 0 Å². The van der Waals surface area contributed by atoms with Crippen LogP contribution in [0.5, 0.6) is 0 Å². The summed E-state index contributed by atoms with van der Waals surface area (Å²) in [5, 5.41) is 10.8. The molecule has 1 N–H and O–H groups in total. The van der Waals surface area contributed by atoms with Gasteiger partial charge < -0.3 is 38.1 Å². The van der Waals surface area contributed by atoms with Crippen molar-refractivity contribution in [2.24, 2.45) is 0 Å². The average molecular weight is 849 g/mol. The van der Waals surface area contributed by atoms with E-state index in [1.165, 1.54) is 64.2 Å². The molecule has 0 radical (unpaired) electrons. The number of hydrogen-bond acceptors (Lipinski definition) is 11. The Morgan fingerprint density at radius 3 is 1.51 bits per heavy atom. The predicted molar refractivity (Wildman–Crippen MR) is 222 cm³/mol. The second-order valence-electron chi connectivity index (χ2n) is 15.2. The van der Waals surface area contributed by atoms with Gasteiger partial charge in [0.15, 0.2) is 6.29 Å². The summed E-state index contributed by atoms with van der Waals surface area (Å²) in [7, 11) is -4.81. The van der Waals surface area contributed by atoms with Crippen LogP contribution in [0.4, 0.5) is 0 Å². The summed E-state index contributed by atoms with van der Waals surface area (Å²) in [5.74, 6) is -1.31. The molecule has 0 saturated carbocycles. The van der Waals surface area contributed by atoms with Crippen molar-refractivity contribution in [1.82, 2.24) is 0 Å². The molecule has 6 atom stereocenters. The maximum Gasteiger partial charge on any atom is 1.00 e. The molecule has 0 bridgehead atoms. The Morgan fingerprint density at radius 1 is 0.627 bits per heavy atom. The first-order valence-corrected chi connectivity index (χ1v) is 22.8. The minimum absolute atomic E-state index is 0. The number of aliphatic hydroxyl groups excluding tert-OH is 1. The van der Waals surface area contributed by atoms with E-state index in [4.69, 9.17) is 28.4 Å². The molecule has 1 fully saturated rings. The minimum atomic E-state index is -4.81. The first-order valence-electron chi connectivity index (χ1n) is 21.2. The number of benzene rings is 3. The molecule has 1 aliphatic heterocycles. The van der Waals surface area contributed by atoms with Crippen LogP contribution >= 0.6 is 0 Å². The van der Waals surface area contributed by atoms with Gasteiger partial charge in [-0.1, -0.05) is 175 Å². The quantitative estimate of drug-likeness (QED) is 0.0397. The molecule has 0 aromatic heterocycles. The second kappa shape index (κ2) is 29.9. The van der Waals surface area contributed by atoms with Crippen molar-refractivity contribution in [2.75, 3.05) is 19.0 Å². The molecule has 11 nitrogen and oxygen atoms in total. The fraction of sp³-hybridized carbons (Fsp3) is 0.587. The van der Waals surface area contributed by atoms with Crippen molar-refractivity contribution in [2.45, 2.75) is 153 Å². The third kappa shape index (κ3) is 21.4. The number of carbonyl (C=O) groups excluding carboxylic acids is 1. The summed E-state index contributed by atoms with van der Waals surface area (Å²) < 4.78 is 73.6. The maximum absolute atomic E-state index is 12.5. The number of aliphatic hydroxyl groups is 1. The monoisotopic (exact) mass is 848 g/mol. The Labute approximate surface area is 374 Å². The van der Waals surface area contributed by atoms with E-state index in [2.05, 4.69) is 6.92 Å². The smallest absolute Gasteiger partial charge is 0.748 e. The molecule has 322 valence electrons. The van der Waals surface area contributed by atoms with Gasteiger partial charge in [0.1, 0.15) is 37.1 Å². The molecule has 3 aromatic carbocycles. The summed E-state index contributed by atoms with van der Waals surface area (Å²) in [6.45, 7) is 1.92. The topological polar surface area (TPSA) is 150 Å². The second-order valence-corrected chi connectivity index (χ2v) is 16.7. The van der Waals surface area contributed by atoms with Gasteiger partial charge in [-0.15, -0.1) is 0 Å². The van der Waals surface area contributed by atoms with Gasteiger partial charge in [-0.3, -0.25) is 4.79 Å². The van der Waals surface area contributed by atoms with Crippen molar-refractivity contribution in [3.05, 3.63) is 108 Å². The Morgan fingerprint density at radius 2 is 1.05 bits per heavy atom. The molecular weight excluding hydrogens is 784 g/mol. The van der Waals surface area contributed by atoms with E-state index in [0.29, 0.717) is 0 Å². The standard InChI is InChI=1S/C46H66O11S.Na/c1-2-3-4-5-6-7-8-9-10-11-12-13-23-30-42(48)52-34-40(47)35-56-46-45(55-33-39-28-21-16-22-29-39)44(54-32-38-26-19-15-20-27-38)43(41(57-46)36-58(49,50)51)53-31-37-24-17-14-18-25-37;/h14-22,24-29,40-41,43-47H,2-13,23,30-36H2,1H3,(H,49,50,51);/q;+1/p-1/t40?,41-,43+,44+,45-,46+;/m1./s1. The molecular formula is C46H65NaO11S. The van der Waals surface area contributed by atoms with Crippen LogP contribution in [0.2, 0.25) is 0 Å². The molecule has 59 heavy (non-hydrogen) atoms. The van der Waals surface area contributed by atoms with Crippen LogP contribution in [0.1, 0.15) is 114 Å². The summed E-state index contributed by atoms with van der Waals surface area (Å²) >= 11 is 0. The molecule has 0 spiro atoms. The number of ether oxygens (including phenoxy) is 6. The molecule has 1 unspecified atom stereocenters. The summed E-state index contributed by atoms with van der Waals surface area (Å²) in [6.07, 6.45) is 9.12. The van der Waals surface area contributed by atoms with Crippen molar-refractivity contribution in [1.29, 1.82) is 0 Å². The molecule has 1 aliphatic rings. The first kappa shape index (κ1) is 51.2. The van der Waals surface area contributed by atoms with E-state index in [9.17, 15) is 22.9 Å². The van der Waals surface area contributed by atoms with E-state index >= 15 is 0 Å². The predicted octanol–water partition coefficient (Wildman–Crippen LogP) is 5.42. The average Bonchev–Trinajstić information content (AvgIpc) is 3.22. The first-order chi connectivity index (χ1) is 28.2. The Kier molecular flexibility index (Phi) is 26.0. The van der Waals surface area contributed by atoms with Crippen LogP contribution in [0, 0.1) is 0 Å². The van der Waals surface area contributed by atoms with Crippen LogP contribution in [-0.4, -0.2) is 79.8 Å². The summed E-state index contributed by atoms with van der Waals surface area (Å²) in [6, 6.07) is 28.2. The maximum atomic E-state index is 12.5. The van der Waals surface area contributed by atoms with Gasteiger partial charge >= 0.3 is 35.5 Å². The van der Waals surface area contributed by atoms with Gasteiger partial charge in [-0.05, 0) is 23.1 Å². The van der Waals surface area contributed by atoms with Crippen molar-refractivity contribution in [3.63, 3.8) is 0 Å².